The van der Waals surface area contributed by atoms with Crippen LogP contribution < -0.4 is 0 Å². The van der Waals surface area contributed by atoms with Crippen molar-refractivity contribution in [3.63, 3.8) is 0 Å². The van der Waals surface area contributed by atoms with E-state index in [-0.39, 0.29) is 6.29 Å². The molecule has 0 radical (unpaired) electrons. The molecule has 1 aromatic rings. The van der Waals surface area contributed by atoms with Gasteiger partial charge >= 0.3 is 0 Å². The lowest BCUT2D eigenvalue weighted by Crippen LogP contribution is -2.00. The van der Waals surface area contributed by atoms with E-state index in [4.69, 9.17) is 10.4 Å². The van der Waals surface area contributed by atoms with E-state index in [1.807, 2.05) is 0 Å². The monoisotopic (exact) mass is 198 g/mol. The van der Waals surface area contributed by atoms with Crippen molar-refractivity contribution in [3.8, 4) is 11.8 Å². The maximum atomic E-state index is 12.3. The summed E-state index contributed by atoms with van der Waals surface area (Å²) in [6.07, 6.45) is -2.23. The first kappa shape index (κ1) is 10.1. The lowest BCUT2D eigenvalue weighted by Gasteiger charge is -2.06. The number of alkyl halides is 2. The number of aromatic hydroxyl groups is 1. The van der Waals surface area contributed by atoms with E-state index in [0.717, 1.165) is 0 Å². The second-order valence-electron chi connectivity index (χ2n) is 2.35. The molecule has 0 saturated heterocycles. The Morgan fingerprint density at radius 2 is 2.29 bits per heavy atom. The van der Waals surface area contributed by atoms with Crippen LogP contribution in [-0.2, 0) is 0 Å². The summed E-state index contributed by atoms with van der Waals surface area (Å²) < 4.78 is 24.7. The summed E-state index contributed by atoms with van der Waals surface area (Å²) in [6, 6.07) is 1.48. The number of halogens is 2. The van der Waals surface area contributed by atoms with Crippen molar-refractivity contribution in [1.82, 2.24) is 4.98 Å². The maximum absolute atomic E-state index is 12.3. The Labute approximate surface area is 77.4 Å². The Hall–Kier alpha value is -2.03. The number of pyridine rings is 1. The predicted molar refractivity (Wildman–Crippen MR) is 41.0 cm³/mol. The molecule has 4 nitrogen and oxygen atoms in total. The quantitative estimate of drug-likeness (QED) is 0.729. The standard InChI is InChI=1S/C8H4F2N2O2/c9-8(10)7-4(3-13)5(1-11)12-2-6(7)14/h2-3,8,14H. The summed E-state index contributed by atoms with van der Waals surface area (Å²) in [6.45, 7) is 0. The summed E-state index contributed by atoms with van der Waals surface area (Å²) in [5, 5.41) is 17.5. The van der Waals surface area contributed by atoms with Crippen LogP contribution >= 0.6 is 0 Å². The van der Waals surface area contributed by atoms with Gasteiger partial charge in [-0.25, -0.2) is 13.8 Å². The van der Waals surface area contributed by atoms with E-state index in [9.17, 15) is 13.6 Å². The van der Waals surface area contributed by atoms with Crippen LogP contribution in [0.2, 0.25) is 0 Å². The van der Waals surface area contributed by atoms with Crippen LogP contribution in [0.1, 0.15) is 28.0 Å². The van der Waals surface area contributed by atoms with E-state index in [0.29, 0.717) is 6.20 Å². The fraction of sp³-hybridized carbons (Fsp3) is 0.125. The van der Waals surface area contributed by atoms with E-state index in [2.05, 4.69) is 4.98 Å². The molecule has 0 aliphatic heterocycles. The molecule has 0 aromatic carbocycles. The average Bonchev–Trinajstić information content (AvgIpc) is 2.16. The number of hydrogen-bond donors (Lipinski definition) is 1. The van der Waals surface area contributed by atoms with Gasteiger partial charge in [0.25, 0.3) is 6.43 Å². The first-order valence-corrected chi connectivity index (χ1v) is 3.47. The van der Waals surface area contributed by atoms with E-state index < -0.39 is 29.0 Å². The van der Waals surface area contributed by atoms with Gasteiger partial charge in [-0.15, -0.1) is 0 Å². The highest BCUT2D eigenvalue weighted by atomic mass is 19.3. The summed E-state index contributed by atoms with van der Waals surface area (Å²) >= 11 is 0. The third-order valence-electron chi connectivity index (χ3n) is 1.58. The zero-order chi connectivity index (χ0) is 10.7. The summed E-state index contributed by atoms with van der Waals surface area (Å²) in [4.78, 5) is 13.8. The molecular weight excluding hydrogens is 194 g/mol. The van der Waals surface area contributed by atoms with Gasteiger partial charge < -0.3 is 5.11 Å². The SMILES string of the molecule is N#Cc1ncc(O)c(C(F)F)c1C=O. The zero-order valence-corrected chi connectivity index (χ0v) is 6.74. The number of nitriles is 1. The van der Waals surface area contributed by atoms with Gasteiger partial charge in [0.1, 0.15) is 11.8 Å². The molecule has 1 rings (SSSR count). The van der Waals surface area contributed by atoms with Crippen LogP contribution in [-0.4, -0.2) is 16.4 Å². The third kappa shape index (κ3) is 1.52. The molecule has 0 saturated carbocycles. The van der Waals surface area contributed by atoms with Crippen molar-refractivity contribution in [2.24, 2.45) is 0 Å². The number of hydrogen-bond acceptors (Lipinski definition) is 4. The van der Waals surface area contributed by atoms with Gasteiger partial charge in [-0.3, -0.25) is 4.79 Å². The minimum Gasteiger partial charge on any atom is -0.506 e. The van der Waals surface area contributed by atoms with Crippen LogP contribution in [0, 0.1) is 11.3 Å². The van der Waals surface area contributed by atoms with Gasteiger partial charge in [0.2, 0.25) is 0 Å². The molecule has 14 heavy (non-hydrogen) atoms. The van der Waals surface area contributed by atoms with E-state index >= 15 is 0 Å². The smallest absolute Gasteiger partial charge is 0.268 e. The first-order valence-electron chi connectivity index (χ1n) is 3.47. The molecule has 6 heteroatoms. The fourth-order valence-electron chi connectivity index (χ4n) is 0.968. The second-order valence-corrected chi connectivity index (χ2v) is 2.35. The highest BCUT2D eigenvalue weighted by Gasteiger charge is 2.21. The number of aromatic nitrogens is 1. The number of carbonyl (C=O) groups is 1. The fourth-order valence-corrected chi connectivity index (χ4v) is 0.968. The molecule has 0 bridgehead atoms. The minimum absolute atomic E-state index is 0.0762. The Morgan fingerprint density at radius 3 is 2.71 bits per heavy atom. The molecule has 0 atom stereocenters. The number of aldehydes is 1. The molecule has 0 fully saturated rings. The lowest BCUT2D eigenvalue weighted by molar-refractivity contribution is 0.110. The van der Waals surface area contributed by atoms with Gasteiger partial charge in [-0.2, -0.15) is 5.26 Å². The molecule has 1 aromatic heterocycles. The van der Waals surface area contributed by atoms with Gasteiger partial charge in [-0.1, -0.05) is 0 Å². The van der Waals surface area contributed by atoms with Crippen molar-refractivity contribution < 1.29 is 18.7 Å². The Bertz CT molecular complexity index is 413. The molecule has 0 aliphatic carbocycles. The normalized spacial score (nSPS) is 9.86. The molecule has 0 spiro atoms. The molecular formula is C8H4F2N2O2. The van der Waals surface area contributed by atoms with Gasteiger partial charge in [0.15, 0.2) is 12.0 Å². The molecule has 1 heterocycles. The Kier molecular flexibility index (Phi) is 2.72. The second kappa shape index (κ2) is 3.79. The van der Waals surface area contributed by atoms with Crippen LogP contribution in [0.15, 0.2) is 6.20 Å². The highest BCUT2D eigenvalue weighted by molar-refractivity contribution is 5.81. The van der Waals surface area contributed by atoms with Crippen molar-refractivity contribution >= 4 is 6.29 Å². The molecule has 1 N–H and O–H groups in total. The van der Waals surface area contributed by atoms with Crippen LogP contribution in [0.4, 0.5) is 8.78 Å². The van der Waals surface area contributed by atoms with Gasteiger partial charge in [0, 0.05) is 0 Å². The van der Waals surface area contributed by atoms with Crippen LogP contribution in [0.5, 0.6) is 5.75 Å². The Morgan fingerprint density at radius 1 is 1.64 bits per heavy atom. The summed E-state index contributed by atoms with van der Waals surface area (Å²) in [7, 11) is 0. The molecule has 72 valence electrons. The van der Waals surface area contributed by atoms with E-state index in [1.165, 1.54) is 6.07 Å². The number of nitrogens with zero attached hydrogens (tertiary/aromatic N) is 2. The van der Waals surface area contributed by atoms with Crippen LogP contribution in [0.3, 0.4) is 0 Å². The summed E-state index contributed by atoms with van der Waals surface area (Å²) in [5.74, 6) is -0.791. The van der Waals surface area contributed by atoms with Crippen molar-refractivity contribution in [3.05, 3.63) is 23.0 Å². The zero-order valence-electron chi connectivity index (χ0n) is 6.74. The van der Waals surface area contributed by atoms with Gasteiger partial charge in [-0.05, 0) is 0 Å². The van der Waals surface area contributed by atoms with Gasteiger partial charge in [0.05, 0.1) is 17.3 Å². The maximum Gasteiger partial charge on any atom is 0.268 e. The molecule has 0 aliphatic rings. The van der Waals surface area contributed by atoms with Crippen molar-refractivity contribution in [1.29, 1.82) is 5.26 Å². The minimum atomic E-state index is -3.02. The van der Waals surface area contributed by atoms with Crippen molar-refractivity contribution in [2.45, 2.75) is 6.43 Å². The largest absolute Gasteiger partial charge is 0.506 e. The highest BCUT2D eigenvalue weighted by Crippen LogP contribution is 2.30. The third-order valence-corrected chi connectivity index (χ3v) is 1.58. The van der Waals surface area contributed by atoms with Crippen LogP contribution in [0.25, 0.3) is 0 Å². The number of carbonyl (C=O) groups excluding carboxylic acids is 1. The topological polar surface area (TPSA) is 74.0 Å². The number of rotatable bonds is 2. The molecule has 0 unspecified atom stereocenters. The predicted octanol–water partition coefficient (Wildman–Crippen LogP) is 1.41. The summed E-state index contributed by atoms with van der Waals surface area (Å²) in [5.41, 5.74) is -1.85. The van der Waals surface area contributed by atoms with E-state index in [1.54, 1.807) is 0 Å². The Balaban J connectivity index is 3.52. The van der Waals surface area contributed by atoms with Crippen molar-refractivity contribution in [2.75, 3.05) is 0 Å². The average molecular weight is 198 g/mol. The first-order chi connectivity index (χ1) is 6.61. The lowest BCUT2D eigenvalue weighted by atomic mass is 10.1. The molecule has 0 amide bonds.